The maximum atomic E-state index is 13.4. The predicted molar refractivity (Wildman–Crippen MR) is 110 cm³/mol. The fraction of sp³-hybridized carbons (Fsp3) is 0.737. The molecule has 0 fully saturated rings. The molecule has 15 heteroatoms. The molecule has 1 N–H and O–H groups in total. The van der Waals surface area contributed by atoms with E-state index in [0.29, 0.717) is 44.4 Å². The van der Waals surface area contributed by atoms with Crippen LogP contribution in [-0.4, -0.2) is 87.4 Å². The minimum Gasteiger partial charge on any atom is -0.498 e. The smallest absolute Gasteiger partial charge is 0.432 e. The molecule has 0 aliphatic carbocycles. The van der Waals surface area contributed by atoms with Crippen molar-refractivity contribution in [2.75, 3.05) is 46.1 Å². The fourth-order valence-corrected chi connectivity index (χ4v) is 2.75. The van der Waals surface area contributed by atoms with E-state index in [2.05, 4.69) is 17.9 Å². The van der Waals surface area contributed by atoms with Gasteiger partial charge in [0.1, 0.15) is 13.2 Å². The number of rotatable bonds is 18. The number of carbonyl (C=O) groups excluding carboxylic acids is 1. The summed E-state index contributed by atoms with van der Waals surface area (Å²) >= 11 is 0. The first-order valence-corrected chi connectivity index (χ1v) is 11.4. The highest BCUT2D eigenvalue weighted by molar-refractivity contribution is 7.86. The molecule has 0 spiro atoms. The van der Waals surface area contributed by atoms with E-state index >= 15 is 0 Å². The monoisotopic (exact) mass is 527 g/mol. The molecule has 200 valence electrons. The van der Waals surface area contributed by atoms with Crippen molar-refractivity contribution >= 4 is 16.1 Å². The molecule has 0 saturated carbocycles. The van der Waals surface area contributed by atoms with Gasteiger partial charge in [0, 0.05) is 32.7 Å². The van der Waals surface area contributed by atoms with E-state index in [4.69, 9.17) is 18.8 Å². The van der Waals surface area contributed by atoms with Crippen LogP contribution in [0.5, 0.6) is 0 Å². The van der Waals surface area contributed by atoms with E-state index < -0.39 is 40.0 Å². The molecule has 0 aromatic rings. The fourth-order valence-electron chi connectivity index (χ4n) is 2.30. The third-order valence-corrected chi connectivity index (χ3v) is 4.83. The first kappa shape index (κ1) is 32.0. The minimum absolute atomic E-state index is 0.112. The molecule has 0 rings (SSSR count). The molecule has 0 radical (unpaired) electrons. The molecule has 0 bridgehead atoms. The average molecular weight is 528 g/mol. The van der Waals surface area contributed by atoms with E-state index in [0.717, 1.165) is 0 Å². The highest BCUT2D eigenvalue weighted by Crippen LogP contribution is 2.38. The Balaban J connectivity index is 4.52. The summed E-state index contributed by atoms with van der Waals surface area (Å²) < 4.78 is 114. The summed E-state index contributed by atoms with van der Waals surface area (Å²) in [7, 11) is -6.48. The van der Waals surface area contributed by atoms with Crippen LogP contribution in [0.15, 0.2) is 24.7 Å². The molecular formula is C19H30F5NO8S. The van der Waals surface area contributed by atoms with Gasteiger partial charge in [-0.05, 0) is 20.3 Å². The molecule has 0 aliphatic rings. The molecule has 34 heavy (non-hydrogen) atoms. The van der Waals surface area contributed by atoms with Crippen LogP contribution in [0.1, 0.15) is 26.7 Å². The highest BCUT2D eigenvalue weighted by atomic mass is 32.2. The largest absolute Gasteiger partial charge is 0.498 e. The molecule has 1 atom stereocenters. The summed E-state index contributed by atoms with van der Waals surface area (Å²) in [5.74, 6) is -0.642. The SMILES string of the molecule is C=C(C)OCCN(CCOCCCC(=O)OC(C(F)(F)F)C(F)(F)S(=O)(=O)O)CCOC(=C)C. The summed E-state index contributed by atoms with van der Waals surface area (Å²) in [6.45, 7) is 12.9. The van der Waals surface area contributed by atoms with Gasteiger partial charge in [-0.2, -0.15) is 30.4 Å². The van der Waals surface area contributed by atoms with Crippen LogP contribution in [0.25, 0.3) is 0 Å². The second-order valence-electron chi connectivity index (χ2n) is 7.11. The summed E-state index contributed by atoms with van der Waals surface area (Å²) in [6, 6.07) is 0. The molecule has 9 nitrogen and oxygen atoms in total. The lowest BCUT2D eigenvalue weighted by Crippen LogP contribution is -2.52. The number of carbonyl (C=O) groups is 1. The van der Waals surface area contributed by atoms with Crippen molar-refractivity contribution in [2.45, 2.75) is 44.2 Å². The second-order valence-corrected chi connectivity index (χ2v) is 8.60. The molecule has 0 heterocycles. The lowest BCUT2D eigenvalue weighted by molar-refractivity contribution is -0.259. The van der Waals surface area contributed by atoms with Crippen molar-refractivity contribution in [3.63, 3.8) is 0 Å². The number of esters is 1. The van der Waals surface area contributed by atoms with Crippen molar-refractivity contribution in [3.8, 4) is 0 Å². The maximum absolute atomic E-state index is 13.4. The minimum atomic E-state index is -6.48. The molecule has 1 unspecified atom stereocenters. The number of hydrogen-bond donors (Lipinski definition) is 1. The van der Waals surface area contributed by atoms with Crippen LogP contribution in [-0.2, 0) is 33.9 Å². The van der Waals surface area contributed by atoms with Gasteiger partial charge < -0.3 is 18.9 Å². The van der Waals surface area contributed by atoms with Gasteiger partial charge >= 0.3 is 27.5 Å². The van der Waals surface area contributed by atoms with Gasteiger partial charge in [0.2, 0.25) is 0 Å². The topological polar surface area (TPSA) is 112 Å². The zero-order valence-electron chi connectivity index (χ0n) is 18.9. The Bertz CT molecular complexity index is 753. The Morgan fingerprint density at radius 2 is 1.41 bits per heavy atom. The van der Waals surface area contributed by atoms with Crippen LogP contribution in [0.4, 0.5) is 22.0 Å². The Labute approximate surface area is 195 Å². The van der Waals surface area contributed by atoms with Gasteiger partial charge in [0.15, 0.2) is 0 Å². The standard InChI is InChI=1S/C19H30F5NO8S/c1-14(2)31-12-8-25(9-13-32-15(3)4)7-11-30-10-5-6-16(26)33-17(18(20,21)22)19(23,24)34(27,28)29/h17H,1,3,5-13H2,2,4H3,(H,27,28,29). The van der Waals surface area contributed by atoms with E-state index in [1.165, 1.54) is 0 Å². The van der Waals surface area contributed by atoms with Gasteiger partial charge in [0.25, 0.3) is 6.10 Å². The van der Waals surface area contributed by atoms with Gasteiger partial charge in [-0.1, -0.05) is 13.2 Å². The van der Waals surface area contributed by atoms with Gasteiger partial charge in [-0.25, -0.2) is 0 Å². The van der Waals surface area contributed by atoms with Crippen molar-refractivity contribution in [2.24, 2.45) is 0 Å². The summed E-state index contributed by atoms with van der Waals surface area (Å²) in [4.78, 5) is 13.5. The first-order chi connectivity index (χ1) is 15.5. The molecule has 0 aromatic heterocycles. The Morgan fingerprint density at radius 3 is 1.82 bits per heavy atom. The average Bonchev–Trinajstić information content (AvgIpc) is 2.65. The Kier molecular flexibility index (Phi) is 13.6. The summed E-state index contributed by atoms with van der Waals surface area (Å²) in [5, 5.41) is -5.76. The van der Waals surface area contributed by atoms with Gasteiger partial charge in [-0.15, -0.1) is 0 Å². The summed E-state index contributed by atoms with van der Waals surface area (Å²) in [6.07, 6.45) is -11.2. The number of halogens is 5. The number of ether oxygens (including phenoxy) is 4. The second kappa shape index (κ2) is 14.4. The number of allylic oxidation sites excluding steroid dienone is 2. The molecule has 0 amide bonds. The van der Waals surface area contributed by atoms with Crippen LogP contribution in [0, 0.1) is 0 Å². The van der Waals surface area contributed by atoms with Crippen molar-refractivity contribution in [1.29, 1.82) is 0 Å². The van der Waals surface area contributed by atoms with E-state index in [1.807, 2.05) is 4.90 Å². The Hall–Kier alpha value is -1.97. The van der Waals surface area contributed by atoms with Crippen molar-refractivity contribution in [1.82, 2.24) is 4.90 Å². The molecule has 0 saturated heterocycles. The van der Waals surface area contributed by atoms with Crippen LogP contribution in [0.3, 0.4) is 0 Å². The third kappa shape index (κ3) is 13.1. The quantitative estimate of drug-likeness (QED) is 0.0945. The van der Waals surface area contributed by atoms with Crippen LogP contribution < -0.4 is 0 Å². The zero-order chi connectivity index (χ0) is 26.6. The van der Waals surface area contributed by atoms with E-state index in [1.54, 1.807) is 13.8 Å². The van der Waals surface area contributed by atoms with Crippen LogP contribution >= 0.6 is 0 Å². The lowest BCUT2D eigenvalue weighted by Gasteiger charge is -2.26. The van der Waals surface area contributed by atoms with Crippen molar-refractivity contribution < 1.29 is 58.7 Å². The highest BCUT2D eigenvalue weighted by Gasteiger charge is 2.65. The number of alkyl halides is 5. The zero-order valence-corrected chi connectivity index (χ0v) is 19.7. The number of hydrogen-bond acceptors (Lipinski definition) is 8. The Morgan fingerprint density at radius 1 is 0.941 bits per heavy atom. The normalized spacial score (nSPS) is 13.4. The molecule has 0 aromatic carbocycles. The van der Waals surface area contributed by atoms with E-state index in [-0.39, 0.29) is 19.6 Å². The third-order valence-electron chi connectivity index (χ3n) is 3.93. The summed E-state index contributed by atoms with van der Waals surface area (Å²) in [5.41, 5.74) is 0. The van der Waals surface area contributed by atoms with Gasteiger partial charge in [0.05, 0.1) is 18.1 Å². The van der Waals surface area contributed by atoms with Crippen molar-refractivity contribution in [3.05, 3.63) is 24.7 Å². The van der Waals surface area contributed by atoms with E-state index in [9.17, 15) is 35.2 Å². The van der Waals surface area contributed by atoms with Gasteiger partial charge in [-0.3, -0.25) is 14.2 Å². The molecule has 0 aliphatic heterocycles. The maximum Gasteiger partial charge on any atom is 0.432 e. The first-order valence-electron chi connectivity index (χ1n) is 9.96. The predicted octanol–water partition coefficient (Wildman–Crippen LogP) is 3.14. The lowest BCUT2D eigenvalue weighted by atomic mass is 10.3. The molecular weight excluding hydrogens is 497 g/mol. The number of nitrogens with zero attached hydrogens (tertiary/aromatic N) is 1. The van der Waals surface area contributed by atoms with Crippen LogP contribution in [0.2, 0.25) is 0 Å².